The highest BCUT2D eigenvalue weighted by atomic mass is 16.4. The van der Waals surface area contributed by atoms with E-state index in [1.165, 1.54) is 17.1 Å². The van der Waals surface area contributed by atoms with E-state index in [2.05, 4.69) is 20.1 Å². The number of anilines is 1. The third-order valence-corrected chi connectivity index (χ3v) is 5.62. The molecule has 1 amide bonds. The molecule has 4 heterocycles. The number of carbonyl (C=O) groups excluding carboxylic acids is 1. The number of amides is 1. The van der Waals surface area contributed by atoms with Gasteiger partial charge in [0.2, 0.25) is 0 Å². The van der Waals surface area contributed by atoms with Gasteiger partial charge in [-0.3, -0.25) is 9.59 Å². The van der Waals surface area contributed by atoms with Crippen LogP contribution in [0.1, 0.15) is 41.4 Å². The van der Waals surface area contributed by atoms with E-state index in [1.807, 2.05) is 24.3 Å². The Morgan fingerprint density at radius 2 is 1.88 bits per heavy atom. The van der Waals surface area contributed by atoms with Crippen LogP contribution in [-0.2, 0) is 19.5 Å². The van der Waals surface area contributed by atoms with Gasteiger partial charge in [-0.15, -0.1) is 10.2 Å². The van der Waals surface area contributed by atoms with Crippen LogP contribution < -0.4 is 10.9 Å². The first-order chi connectivity index (χ1) is 15.7. The number of pyridine rings is 1. The van der Waals surface area contributed by atoms with Crippen LogP contribution in [0.25, 0.3) is 11.4 Å². The number of nitrogens with one attached hydrogen (secondary N) is 1. The third kappa shape index (κ3) is 4.12. The van der Waals surface area contributed by atoms with E-state index in [0.717, 1.165) is 43.0 Å². The van der Waals surface area contributed by atoms with Crippen LogP contribution in [-0.4, -0.2) is 25.2 Å². The predicted molar refractivity (Wildman–Crippen MR) is 119 cm³/mol. The summed E-state index contributed by atoms with van der Waals surface area (Å²) in [5, 5.41) is 11.6. The highest BCUT2D eigenvalue weighted by Gasteiger charge is 2.16. The van der Waals surface area contributed by atoms with Crippen molar-refractivity contribution >= 4 is 11.6 Å². The van der Waals surface area contributed by atoms with E-state index < -0.39 is 0 Å². The van der Waals surface area contributed by atoms with Crippen molar-refractivity contribution in [1.29, 1.82) is 0 Å². The van der Waals surface area contributed by atoms with Crippen LogP contribution >= 0.6 is 0 Å². The molecule has 5 rings (SSSR count). The minimum absolute atomic E-state index is 0.125. The molecule has 1 N–H and O–H groups in total. The van der Waals surface area contributed by atoms with Crippen molar-refractivity contribution in [3.05, 3.63) is 88.5 Å². The van der Waals surface area contributed by atoms with Gasteiger partial charge in [0.05, 0.1) is 6.54 Å². The second-order valence-corrected chi connectivity index (χ2v) is 7.87. The van der Waals surface area contributed by atoms with Crippen molar-refractivity contribution in [2.75, 3.05) is 5.32 Å². The lowest BCUT2D eigenvalue weighted by Crippen LogP contribution is -2.18. The summed E-state index contributed by atoms with van der Waals surface area (Å²) in [5.74, 6) is 2.29. The highest BCUT2D eigenvalue weighted by Crippen LogP contribution is 2.24. The number of benzene rings is 1. The Labute approximate surface area is 184 Å². The van der Waals surface area contributed by atoms with Crippen molar-refractivity contribution < 1.29 is 9.21 Å². The maximum Gasteiger partial charge on any atom is 0.291 e. The minimum Gasteiger partial charge on any atom is -0.454 e. The van der Waals surface area contributed by atoms with Crippen molar-refractivity contribution in [2.24, 2.45) is 0 Å². The normalized spacial score (nSPS) is 13.4. The molecule has 0 saturated carbocycles. The summed E-state index contributed by atoms with van der Waals surface area (Å²) in [5.41, 5.74) is 1.50. The van der Waals surface area contributed by atoms with Gasteiger partial charge in [-0.25, -0.2) is 0 Å². The minimum atomic E-state index is -0.347. The Balaban J connectivity index is 1.27. The molecule has 0 radical (unpaired) electrons. The van der Waals surface area contributed by atoms with Crippen molar-refractivity contribution in [2.45, 2.75) is 38.8 Å². The molecule has 1 aromatic carbocycles. The van der Waals surface area contributed by atoms with Gasteiger partial charge >= 0.3 is 0 Å². The zero-order valence-electron chi connectivity index (χ0n) is 17.5. The smallest absolute Gasteiger partial charge is 0.291 e. The lowest BCUT2D eigenvalue weighted by Gasteiger charge is -2.08. The van der Waals surface area contributed by atoms with E-state index in [9.17, 15) is 9.59 Å². The molecule has 0 saturated heterocycles. The van der Waals surface area contributed by atoms with Crippen LogP contribution in [0.4, 0.5) is 5.69 Å². The summed E-state index contributed by atoms with van der Waals surface area (Å²) in [4.78, 5) is 24.4. The van der Waals surface area contributed by atoms with Gasteiger partial charge in [-0.05, 0) is 55.3 Å². The van der Waals surface area contributed by atoms with Gasteiger partial charge in [0.25, 0.3) is 11.5 Å². The molecular weight excluding hydrogens is 406 g/mol. The molecule has 32 heavy (non-hydrogen) atoms. The Bertz CT molecular complexity index is 1300. The summed E-state index contributed by atoms with van der Waals surface area (Å²) in [6.45, 7) is 1.20. The summed E-state index contributed by atoms with van der Waals surface area (Å²) in [6, 6.07) is 15.8. The molecule has 8 heteroatoms. The Kier molecular flexibility index (Phi) is 5.41. The summed E-state index contributed by atoms with van der Waals surface area (Å²) >= 11 is 0. The third-order valence-electron chi connectivity index (χ3n) is 5.62. The van der Waals surface area contributed by atoms with Gasteiger partial charge in [0.1, 0.15) is 11.6 Å². The largest absolute Gasteiger partial charge is 0.454 e. The fraction of sp³-hybridized carbons (Fsp3) is 0.250. The maximum absolute atomic E-state index is 12.6. The molecular formula is C24H23N5O3. The van der Waals surface area contributed by atoms with Gasteiger partial charge in [-0.1, -0.05) is 12.5 Å². The Morgan fingerprint density at radius 3 is 2.72 bits per heavy atom. The molecule has 8 nitrogen and oxygen atoms in total. The van der Waals surface area contributed by atoms with Gasteiger partial charge < -0.3 is 18.9 Å². The average molecular weight is 429 g/mol. The number of hydrogen-bond acceptors (Lipinski definition) is 5. The van der Waals surface area contributed by atoms with Gasteiger partial charge in [0, 0.05) is 36.5 Å². The van der Waals surface area contributed by atoms with Crippen LogP contribution in [0, 0.1) is 0 Å². The number of carbonyl (C=O) groups is 1. The molecule has 0 unspecified atom stereocenters. The second-order valence-electron chi connectivity index (χ2n) is 7.87. The van der Waals surface area contributed by atoms with Crippen LogP contribution in [0.3, 0.4) is 0 Å². The molecule has 0 atom stereocenters. The van der Waals surface area contributed by atoms with Crippen LogP contribution in [0.5, 0.6) is 0 Å². The lowest BCUT2D eigenvalue weighted by atomic mass is 10.2. The molecule has 1 aliphatic rings. The molecule has 3 aromatic heterocycles. The fourth-order valence-corrected chi connectivity index (χ4v) is 3.94. The van der Waals surface area contributed by atoms with Crippen LogP contribution in [0.15, 0.2) is 70.0 Å². The predicted octanol–water partition coefficient (Wildman–Crippen LogP) is 3.73. The van der Waals surface area contributed by atoms with E-state index in [-0.39, 0.29) is 23.8 Å². The summed E-state index contributed by atoms with van der Waals surface area (Å²) < 4.78 is 9.36. The number of rotatable bonds is 5. The van der Waals surface area contributed by atoms with Crippen molar-refractivity contribution in [1.82, 2.24) is 19.3 Å². The average Bonchev–Trinajstić information content (AvgIpc) is 3.37. The summed E-state index contributed by atoms with van der Waals surface area (Å²) in [7, 11) is 0. The van der Waals surface area contributed by atoms with E-state index >= 15 is 0 Å². The zero-order chi connectivity index (χ0) is 21.9. The number of nitrogens with zero attached hydrogens (tertiary/aromatic N) is 4. The van der Waals surface area contributed by atoms with Crippen molar-refractivity contribution in [3.63, 3.8) is 0 Å². The first-order valence-corrected chi connectivity index (χ1v) is 10.8. The zero-order valence-corrected chi connectivity index (χ0v) is 17.5. The molecule has 0 aliphatic carbocycles. The Morgan fingerprint density at radius 1 is 1.00 bits per heavy atom. The number of hydrogen-bond donors (Lipinski definition) is 1. The monoisotopic (exact) mass is 429 g/mol. The molecule has 0 spiro atoms. The molecule has 0 fully saturated rings. The number of aromatic nitrogens is 4. The number of furan rings is 1. The second kappa shape index (κ2) is 8.66. The quantitative estimate of drug-likeness (QED) is 0.522. The van der Waals surface area contributed by atoms with E-state index in [0.29, 0.717) is 11.4 Å². The van der Waals surface area contributed by atoms with Gasteiger partial charge in [0.15, 0.2) is 11.6 Å². The maximum atomic E-state index is 12.6. The fourth-order valence-electron chi connectivity index (χ4n) is 3.94. The number of aryl methyl sites for hydroxylation is 1. The van der Waals surface area contributed by atoms with Crippen molar-refractivity contribution in [3.8, 4) is 11.4 Å². The molecule has 1 aliphatic heterocycles. The summed E-state index contributed by atoms with van der Waals surface area (Å²) in [6.07, 6.45) is 6.14. The molecule has 0 bridgehead atoms. The first-order valence-electron chi connectivity index (χ1n) is 10.8. The first kappa shape index (κ1) is 20.0. The van der Waals surface area contributed by atoms with Gasteiger partial charge in [-0.2, -0.15) is 0 Å². The lowest BCUT2D eigenvalue weighted by molar-refractivity contribution is 0.0994. The Hall–Kier alpha value is -3.94. The van der Waals surface area contributed by atoms with E-state index in [1.54, 1.807) is 30.5 Å². The number of fused-ring (bicyclic) bond motifs is 1. The molecule has 4 aromatic rings. The standard InChI is InChI=1S/C24H23N5O3/c30-22-7-3-5-14-28(22)16-19-12-13-20(32-19)24(31)25-18-10-8-17(9-11-18)23-27-26-21-6-2-1-4-15-29(21)23/h3,5,7-14H,1-2,4,6,15-16H2,(H,25,31). The highest BCUT2D eigenvalue weighted by molar-refractivity contribution is 6.02. The van der Waals surface area contributed by atoms with E-state index in [4.69, 9.17) is 4.42 Å². The SMILES string of the molecule is O=C(Nc1ccc(-c2nnc3n2CCCCC3)cc1)c1ccc(Cn2ccccc2=O)o1. The molecule has 162 valence electrons. The topological polar surface area (TPSA) is 95.0 Å². The van der Waals surface area contributed by atoms with Crippen LogP contribution in [0.2, 0.25) is 0 Å².